The second-order valence-electron chi connectivity index (χ2n) is 6.94. The van der Waals surface area contributed by atoms with E-state index in [0.717, 1.165) is 9.80 Å². The van der Waals surface area contributed by atoms with Gasteiger partial charge in [-0.15, -0.1) is 0 Å². The summed E-state index contributed by atoms with van der Waals surface area (Å²) in [6.07, 6.45) is -0.0674. The molecule has 3 unspecified atom stereocenters. The molecule has 0 saturated carbocycles. The Labute approximate surface area is 144 Å². The fourth-order valence-electron chi connectivity index (χ4n) is 4.53. The predicted molar refractivity (Wildman–Crippen MR) is 84.3 cm³/mol. The number of aliphatic imine (C=N–C) groups is 1. The van der Waals surface area contributed by atoms with Crippen molar-refractivity contribution in [2.45, 2.75) is 6.42 Å². The largest absolute Gasteiger partial charge is 0.378 e. The summed E-state index contributed by atoms with van der Waals surface area (Å²) in [7, 11) is 2.86. The zero-order chi connectivity index (χ0) is 17.9. The van der Waals surface area contributed by atoms with Crippen LogP contribution in [0.25, 0.3) is 0 Å². The highest BCUT2D eigenvalue weighted by Gasteiger charge is 2.71. The van der Waals surface area contributed by atoms with E-state index in [-0.39, 0.29) is 24.8 Å². The van der Waals surface area contributed by atoms with Gasteiger partial charge in [-0.3, -0.25) is 34.0 Å². The van der Waals surface area contributed by atoms with Crippen molar-refractivity contribution in [2.24, 2.45) is 22.2 Å². The summed E-state index contributed by atoms with van der Waals surface area (Å²) in [6, 6.07) is 0. The molecule has 4 aliphatic heterocycles. The molecule has 0 spiro atoms. The van der Waals surface area contributed by atoms with Gasteiger partial charge in [0.05, 0.1) is 31.6 Å². The molecule has 4 aliphatic rings. The number of likely N-dealkylation sites (tertiary alicyclic amines) is 2. The summed E-state index contributed by atoms with van der Waals surface area (Å²) in [5.41, 5.74) is -1.36. The summed E-state index contributed by atoms with van der Waals surface area (Å²) in [6.45, 7) is 2.25. The van der Waals surface area contributed by atoms with E-state index in [1.54, 1.807) is 0 Å². The van der Waals surface area contributed by atoms with Gasteiger partial charge in [-0.1, -0.05) is 0 Å². The van der Waals surface area contributed by atoms with Crippen LogP contribution in [0.5, 0.6) is 0 Å². The Morgan fingerprint density at radius 1 is 1.00 bits per heavy atom. The first-order valence-electron chi connectivity index (χ1n) is 8.40. The number of ether oxygens (including phenoxy) is 1. The summed E-state index contributed by atoms with van der Waals surface area (Å²) in [5, 5.41) is 0. The number of carbonyl (C=O) groups excluding carboxylic acids is 4. The normalized spacial score (nSPS) is 35.8. The third kappa shape index (κ3) is 1.90. The van der Waals surface area contributed by atoms with Gasteiger partial charge in [-0.05, 0) is 0 Å². The van der Waals surface area contributed by atoms with E-state index in [1.165, 1.54) is 14.1 Å². The van der Waals surface area contributed by atoms with Gasteiger partial charge < -0.3 is 9.64 Å². The van der Waals surface area contributed by atoms with Crippen LogP contribution in [0.1, 0.15) is 6.42 Å². The average molecular weight is 348 g/mol. The zero-order valence-corrected chi connectivity index (χ0v) is 14.2. The van der Waals surface area contributed by atoms with Crippen molar-refractivity contribution in [3.63, 3.8) is 0 Å². The molecule has 134 valence electrons. The molecule has 3 atom stereocenters. The molecule has 0 aromatic carbocycles. The fourth-order valence-corrected chi connectivity index (χ4v) is 4.53. The van der Waals surface area contributed by atoms with Crippen LogP contribution in [0, 0.1) is 17.3 Å². The molecule has 4 heterocycles. The number of nitrogens with zero attached hydrogens (tertiary/aromatic N) is 4. The maximum Gasteiger partial charge on any atom is 0.244 e. The number of amides is 4. The Kier molecular flexibility index (Phi) is 3.47. The Morgan fingerprint density at radius 2 is 1.64 bits per heavy atom. The maximum atomic E-state index is 13.2. The molecular formula is C16H20N4O5. The van der Waals surface area contributed by atoms with Crippen molar-refractivity contribution in [1.29, 1.82) is 0 Å². The molecule has 4 rings (SSSR count). The highest BCUT2D eigenvalue weighted by molar-refractivity contribution is 6.24. The van der Waals surface area contributed by atoms with Crippen LogP contribution in [-0.4, -0.2) is 91.1 Å². The second kappa shape index (κ2) is 5.35. The number of rotatable bonds is 1. The lowest BCUT2D eigenvalue weighted by Gasteiger charge is -2.39. The van der Waals surface area contributed by atoms with E-state index in [9.17, 15) is 19.2 Å². The number of morpholine rings is 1. The molecule has 3 fully saturated rings. The Hall–Kier alpha value is -2.29. The van der Waals surface area contributed by atoms with E-state index in [1.807, 2.05) is 4.90 Å². The predicted octanol–water partition coefficient (Wildman–Crippen LogP) is -1.66. The van der Waals surface area contributed by atoms with E-state index in [2.05, 4.69) is 4.99 Å². The van der Waals surface area contributed by atoms with Crippen molar-refractivity contribution >= 4 is 29.5 Å². The summed E-state index contributed by atoms with van der Waals surface area (Å²) < 4.78 is 5.37. The fraction of sp³-hybridized carbons (Fsp3) is 0.688. The van der Waals surface area contributed by atoms with Crippen LogP contribution in [0.3, 0.4) is 0 Å². The monoisotopic (exact) mass is 348 g/mol. The second-order valence-corrected chi connectivity index (χ2v) is 6.94. The van der Waals surface area contributed by atoms with Crippen molar-refractivity contribution < 1.29 is 23.9 Å². The topological polar surface area (TPSA) is 99.6 Å². The van der Waals surface area contributed by atoms with Crippen molar-refractivity contribution in [1.82, 2.24) is 14.7 Å². The van der Waals surface area contributed by atoms with Gasteiger partial charge in [0.2, 0.25) is 23.6 Å². The molecule has 0 aromatic rings. The van der Waals surface area contributed by atoms with E-state index in [4.69, 9.17) is 4.74 Å². The minimum Gasteiger partial charge on any atom is -0.378 e. The first kappa shape index (κ1) is 16.2. The zero-order valence-electron chi connectivity index (χ0n) is 14.2. The molecule has 25 heavy (non-hydrogen) atoms. The standard InChI is InChI=1S/C16H20N4O5/c1-18-11(21)7-9(12(18)22)16-10(13(23)19(2)15(16)24)8-17-14(16)20-3-5-25-6-4-20/h9-10H,3-8H2,1-2H3. The summed E-state index contributed by atoms with van der Waals surface area (Å²) in [4.78, 5) is 59.3. The van der Waals surface area contributed by atoms with Crippen LogP contribution < -0.4 is 0 Å². The molecule has 4 amide bonds. The smallest absolute Gasteiger partial charge is 0.244 e. The van der Waals surface area contributed by atoms with Gasteiger partial charge in [-0.25, -0.2) is 0 Å². The Morgan fingerprint density at radius 3 is 2.24 bits per heavy atom. The van der Waals surface area contributed by atoms with Gasteiger partial charge in [-0.2, -0.15) is 0 Å². The number of hydrogen-bond acceptors (Lipinski definition) is 7. The first-order valence-corrected chi connectivity index (χ1v) is 8.40. The molecule has 0 bridgehead atoms. The Bertz CT molecular complexity index is 713. The van der Waals surface area contributed by atoms with Gasteiger partial charge >= 0.3 is 0 Å². The number of fused-ring (bicyclic) bond motifs is 1. The number of hydrogen-bond donors (Lipinski definition) is 0. The lowest BCUT2D eigenvalue weighted by Crippen LogP contribution is -2.56. The molecule has 0 aromatic heterocycles. The van der Waals surface area contributed by atoms with Crippen LogP contribution in [0.2, 0.25) is 0 Å². The van der Waals surface area contributed by atoms with E-state index < -0.39 is 29.1 Å². The highest BCUT2D eigenvalue weighted by Crippen LogP contribution is 2.52. The van der Waals surface area contributed by atoms with Gasteiger partial charge in [0.25, 0.3) is 0 Å². The molecule has 9 heteroatoms. The van der Waals surface area contributed by atoms with E-state index >= 15 is 0 Å². The minimum absolute atomic E-state index is 0.0674. The number of imide groups is 2. The maximum absolute atomic E-state index is 13.2. The minimum atomic E-state index is -1.36. The quantitative estimate of drug-likeness (QED) is 0.526. The highest BCUT2D eigenvalue weighted by atomic mass is 16.5. The first-order chi connectivity index (χ1) is 11.9. The SMILES string of the molecule is CN1C(=O)CC(C23C(=O)N(C)C(=O)C2CN=C3N2CCOCC2)C1=O. The van der Waals surface area contributed by atoms with Crippen molar-refractivity contribution in [3.8, 4) is 0 Å². The number of carbonyl (C=O) groups is 4. The van der Waals surface area contributed by atoms with Crippen LogP contribution in [0.4, 0.5) is 0 Å². The molecule has 0 aliphatic carbocycles. The lowest BCUT2D eigenvalue weighted by molar-refractivity contribution is -0.144. The molecular weight excluding hydrogens is 328 g/mol. The van der Waals surface area contributed by atoms with Gasteiger partial charge in [0.15, 0.2) is 0 Å². The Balaban J connectivity index is 1.83. The van der Waals surface area contributed by atoms with Crippen LogP contribution >= 0.6 is 0 Å². The molecule has 3 saturated heterocycles. The third-order valence-corrected chi connectivity index (χ3v) is 5.87. The van der Waals surface area contributed by atoms with Crippen LogP contribution in [0.15, 0.2) is 4.99 Å². The average Bonchev–Trinajstić information content (AvgIpc) is 3.20. The van der Waals surface area contributed by atoms with Crippen molar-refractivity contribution in [3.05, 3.63) is 0 Å². The van der Waals surface area contributed by atoms with Crippen LogP contribution in [-0.2, 0) is 23.9 Å². The van der Waals surface area contributed by atoms with E-state index in [0.29, 0.717) is 32.1 Å². The summed E-state index contributed by atoms with van der Waals surface area (Å²) in [5.74, 6) is -2.60. The third-order valence-electron chi connectivity index (χ3n) is 5.87. The molecule has 0 radical (unpaired) electrons. The number of amidine groups is 1. The van der Waals surface area contributed by atoms with Gasteiger partial charge in [0, 0.05) is 33.6 Å². The summed E-state index contributed by atoms with van der Waals surface area (Å²) >= 11 is 0. The molecule has 9 nitrogen and oxygen atoms in total. The molecule has 0 N–H and O–H groups in total. The van der Waals surface area contributed by atoms with Gasteiger partial charge in [0.1, 0.15) is 11.3 Å². The van der Waals surface area contributed by atoms with Crippen molar-refractivity contribution in [2.75, 3.05) is 46.9 Å². The lowest BCUT2D eigenvalue weighted by atomic mass is 9.67.